The summed E-state index contributed by atoms with van der Waals surface area (Å²) in [6, 6.07) is 21.5. The van der Waals surface area contributed by atoms with E-state index in [4.69, 9.17) is 9.47 Å². The highest BCUT2D eigenvalue weighted by atomic mass is 16.5. The lowest BCUT2D eigenvalue weighted by Crippen LogP contribution is -2.43. The van der Waals surface area contributed by atoms with E-state index in [9.17, 15) is 14.4 Å². The number of carbonyl (C=O) groups excluding carboxylic acids is 3. The van der Waals surface area contributed by atoms with Gasteiger partial charge in [-0.25, -0.2) is 0 Å². The van der Waals surface area contributed by atoms with Crippen LogP contribution in [0.5, 0.6) is 11.5 Å². The van der Waals surface area contributed by atoms with E-state index < -0.39 is 0 Å². The van der Waals surface area contributed by atoms with Crippen molar-refractivity contribution in [1.82, 2.24) is 0 Å². The SMILES string of the molecule is CCc1ccc(OCC(=O)Nc2ccc3c(c2)N(CC(=O)Nc2ccccc2)C(=O)CO3)cc1. The van der Waals surface area contributed by atoms with Crippen LogP contribution in [-0.4, -0.2) is 37.5 Å². The molecule has 0 aromatic heterocycles. The third-order valence-electron chi connectivity index (χ3n) is 5.25. The molecule has 8 nitrogen and oxygen atoms in total. The number of aryl methyl sites for hydroxylation is 1. The van der Waals surface area contributed by atoms with Gasteiger partial charge in [0.2, 0.25) is 5.91 Å². The predicted molar refractivity (Wildman–Crippen MR) is 129 cm³/mol. The highest BCUT2D eigenvalue weighted by molar-refractivity contribution is 6.05. The number of nitrogens with one attached hydrogen (secondary N) is 2. The average molecular weight is 460 g/mol. The minimum absolute atomic E-state index is 0.165. The molecule has 1 heterocycles. The van der Waals surface area contributed by atoms with Crippen LogP contribution in [0.2, 0.25) is 0 Å². The standard InChI is InChI=1S/C26H25N3O5/c1-2-18-8-11-21(12-9-18)33-16-25(31)28-20-10-13-23-22(14-20)29(26(32)17-34-23)15-24(30)27-19-6-4-3-5-7-19/h3-14H,2,15-17H2,1H3,(H,27,30)(H,28,31). The lowest BCUT2D eigenvalue weighted by molar-refractivity contribution is -0.123. The van der Waals surface area contributed by atoms with Crippen LogP contribution in [0, 0.1) is 0 Å². The summed E-state index contributed by atoms with van der Waals surface area (Å²) in [5.74, 6) is 0.0167. The van der Waals surface area contributed by atoms with E-state index in [-0.39, 0.29) is 37.5 Å². The van der Waals surface area contributed by atoms with Gasteiger partial charge >= 0.3 is 0 Å². The number of fused-ring (bicyclic) bond motifs is 1. The molecule has 3 aromatic rings. The molecule has 1 aliphatic heterocycles. The molecule has 0 radical (unpaired) electrons. The number of para-hydroxylation sites is 1. The van der Waals surface area contributed by atoms with Crippen molar-refractivity contribution in [2.75, 3.05) is 35.3 Å². The van der Waals surface area contributed by atoms with Crippen molar-refractivity contribution in [3.8, 4) is 11.5 Å². The fraction of sp³-hybridized carbons (Fsp3) is 0.192. The Labute approximate surface area is 197 Å². The number of anilines is 3. The zero-order valence-electron chi connectivity index (χ0n) is 18.7. The van der Waals surface area contributed by atoms with Gasteiger partial charge in [0.05, 0.1) is 5.69 Å². The fourth-order valence-corrected chi connectivity index (χ4v) is 3.49. The molecule has 3 amide bonds. The van der Waals surface area contributed by atoms with Gasteiger partial charge < -0.3 is 20.1 Å². The van der Waals surface area contributed by atoms with E-state index in [2.05, 4.69) is 17.6 Å². The smallest absolute Gasteiger partial charge is 0.265 e. The number of ether oxygens (including phenoxy) is 2. The summed E-state index contributed by atoms with van der Waals surface area (Å²) in [6.45, 7) is 1.55. The van der Waals surface area contributed by atoms with Gasteiger partial charge in [-0.15, -0.1) is 0 Å². The summed E-state index contributed by atoms with van der Waals surface area (Å²) in [5, 5.41) is 5.52. The Morgan fingerprint density at radius 2 is 1.68 bits per heavy atom. The second kappa shape index (κ2) is 10.5. The van der Waals surface area contributed by atoms with Crippen molar-refractivity contribution in [1.29, 1.82) is 0 Å². The first-order valence-electron chi connectivity index (χ1n) is 11.0. The Morgan fingerprint density at radius 3 is 2.41 bits per heavy atom. The number of hydrogen-bond acceptors (Lipinski definition) is 5. The van der Waals surface area contributed by atoms with E-state index in [1.165, 1.54) is 10.5 Å². The van der Waals surface area contributed by atoms with E-state index >= 15 is 0 Å². The number of amides is 3. The Hall–Kier alpha value is -4.33. The summed E-state index contributed by atoms with van der Waals surface area (Å²) in [6.07, 6.45) is 0.927. The molecule has 0 aliphatic carbocycles. The first kappa shape index (κ1) is 22.8. The van der Waals surface area contributed by atoms with Crippen LogP contribution in [0.4, 0.5) is 17.1 Å². The lowest BCUT2D eigenvalue weighted by atomic mass is 10.2. The first-order chi connectivity index (χ1) is 16.5. The van der Waals surface area contributed by atoms with Gasteiger partial charge in [-0.1, -0.05) is 37.3 Å². The monoisotopic (exact) mass is 459 g/mol. The Balaban J connectivity index is 1.40. The van der Waals surface area contributed by atoms with Crippen molar-refractivity contribution in [3.63, 3.8) is 0 Å². The minimum atomic E-state index is -0.351. The molecular formula is C26H25N3O5. The summed E-state index contributed by atoms with van der Waals surface area (Å²) in [5.41, 5.74) is 2.69. The van der Waals surface area contributed by atoms with E-state index in [1.807, 2.05) is 42.5 Å². The summed E-state index contributed by atoms with van der Waals surface area (Å²) in [4.78, 5) is 38.8. The molecule has 0 saturated carbocycles. The Kier molecular flexibility index (Phi) is 7.07. The first-order valence-corrected chi connectivity index (χ1v) is 11.0. The molecule has 0 fully saturated rings. The minimum Gasteiger partial charge on any atom is -0.484 e. The van der Waals surface area contributed by atoms with Gasteiger partial charge in [0, 0.05) is 11.4 Å². The molecule has 1 aliphatic rings. The normalized spacial score (nSPS) is 12.4. The van der Waals surface area contributed by atoms with Crippen LogP contribution in [0.3, 0.4) is 0 Å². The topological polar surface area (TPSA) is 97.0 Å². The van der Waals surface area contributed by atoms with Crippen LogP contribution >= 0.6 is 0 Å². The molecule has 34 heavy (non-hydrogen) atoms. The summed E-state index contributed by atoms with van der Waals surface area (Å²) >= 11 is 0. The molecule has 0 atom stereocenters. The van der Waals surface area contributed by atoms with Gasteiger partial charge in [-0.05, 0) is 54.4 Å². The van der Waals surface area contributed by atoms with Gasteiger partial charge in [-0.2, -0.15) is 0 Å². The molecule has 0 saturated heterocycles. The van der Waals surface area contributed by atoms with Crippen molar-refractivity contribution in [2.45, 2.75) is 13.3 Å². The number of carbonyl (C=O) groups is 3. The zero-order chi connectivity index (χ0) is 23.9. The molecular weight excluding hydrogens is 434 g/mol. The third kappa shape index (κ3) is 5.72. The second-order valence-corrected chi connectivity index (χ2v) is 7.70. The largest absolute Gasteiger partial charge is 0.484 e. The zero-order valence-corrected chi connectivity index (χ0v) is 18.7. The van der Waals surface area contributed by atoms with E-state index in [1.54, 1.807) is 30.3 Å². The molecule has 3 aromatic carbocycles. The van der Waals surface area contributed by atoms with Crippen LogP contribution in [0.15, 0.2) is 72.8 Å². The molecule has 4 rings (SSSR count). The van der Waals surface area contributed by atoms with E-state index in [0.717, 1.165) is 6.42 Å². The van der Waals surface area contributed by atoms with Crippen LogP contribution in [0.25, 0.3) is 0 Å². The number of rotatable bonds is 8. The molecule has 174 valence electrons. The highest BCUT2D eigenvalue weighted by Gasteiger charge is 2.28. The van der Waals surface area contributed by atoms with Crippen molar-refractivity contribution < 1.29 is 23.9 Å². The molecule has 0 spiro atoms. The average Bonchev–Trinajstić information content (AvgIpc) is 2.85. The molecule has 0 bridgehead atoms. The van der Waals surface area contributed by atoms with Crippen molar-refractivity contribution in [2.24, 2.45) is 0 Å². The predicted octanol–water partition coefficient (Wildman–Crippen LogP) is 3.63. The summed E-state index contributed by atoms with van der Waals surface area (Å²) < 4.78 is 11.0. The van der Waals surface area contributed by atoms with Crippen LogP contribution in [-0.2, 0) is 20.8 Å². The molecule has 0 unspecified atom stereocenters. The number of nitrogens with zero attached hydrogens (tertiary/aromatic N) is 1. The third-order valence-corrected chi connectivity index (χ3v) is 5.25. The summed E-state index contributed by atoms with van der Waals surface area (Å²) in [7, 11) is 0. The lowest BCUT2D eigenvalue weighted by Gasteiger charge is -2.29. The molecule has 8 heteroatoms. The fourth-order valence-electron chi connectivity index (χ4n) is 3.49. The number of hydrogen-bond donors (Lipinski definition) is 2. The maximum absolute atomic E-state index is 12.5. The highest BCUT2D eigenvalue weighted by Crippen LogP contribution is 2.34. The Morgan fingerprint density at radius 1 is 0.941 bits per heavy atom. The van der Waals surface area contributed by atoms with Crippen LogP contribution < -0.4 is 25.0 Å². The molecule has 2 N–H and O–H groups in total. The maximum atomic E-state index is 12.5. The van der Waals surface area contributed by atoms with Gasteiger partial charge in [-0.3, -0.25) is 19.3 Å². The Bertz CT molecular complexity index is 1180. The van der Waals surface area contributed by atoms with Gasteiger partial charge in [0.25, 0.3) is 11.8 Å². The van der Waals surface area contributed by atoms with Crippen LogP contribution in [0.1, 0.15) is 12.5 Å². The second-order valence-electron chi connectivity index (χ2n) is 7.70. The van der Waals surface area contributed by atoms with Gasteiger partial charge in [0.15, 0.2) is 13.2 Å². The maximum Gasteiger partial charge on any atom is 0.265 e. The van der Waals surface area contributed by atoms with Crippen molar-refractivity contribution in [3.05, 3.63) is 78.4 Å². The number of benzene rings is 3. The van der Waals surface area contributed by atoms with Gasteiger partial charge in [0.1, 0.15) is 18.0 Å². The quantitative estimate of drug-likeness (QED) is 0.536. The van der Waals surface area contributed by atoms with E-state index in [0.29, 0.717) is 28.6 Å². The van der Waals surface area contributed by atoms with Crippen molar-refractivity contribution >= 4 is 34.8 Å².